The molecule has 96 valence electrons. The molecule has 0 unspecified atom stereocenters. The fourth-order valence-electron chi connectivity index (χ4n) is 2.04. The van der Waals surface area contributed by atoms with Gasteiger partial charge in [-0.1, -0.05) is 0 Å². The molecule has 2 N–H and O–H groups in total. The average Bonchev–Trinajstić information content (AvgIpc) is 2.70. The molecule has 6 heteroatoms. The predicted octanol–water partition coefficient (Wildman–Crippen LogP) is 3.21. The molecule has 0 saturated heterocycles. The molecular formula is C13H10BrFN4. The van der Waals surface area contributed by atoms with E-state index in [9.17, 15) is 4.39 Å². The molecule has 0 atom stereocenters. The van der Waals surface area contributed by atoms with Crippen LogP contribution in [0, 0.1) is 12.7 Å². The second-order valence-electron chi connectivity index (χ2n) is 4.20. The molecule has 2 aromatic heterocycles. The Balaban J connectivity index is 2.36. The molecule has 0 amide bonds. The topological polar surface area (TPSA) is 56.7 Å². The minimum atomic E-state index is -0.349. The Hall–Kier alpha value is -1.95. The van der Waals surface area contributed by atoms with E-state index < -0.39 is 0 Å². The van der Waals surface area contributed by atoms with E-state index >= 15 is 0 Å². The first-order valence-corrected chi connectivity index (χ1v) is 6.42. The first kappa shape index (κ1) is 12.1. The molecule has 0 saturated carbocycles. The van der Waals surface area contributed by atoms with Gasteiger partial charge in [-0.25, -0.2) is 14.4 Å². The van der Waals surface area contributed by atoms with Crippen LogP contribution in [-0.2, 0) is 0 Å². The maximum Gasteiger partial charge on any atom is 0.207 e. The molecule has 0 aliphatic rings. The zero-order chi connectivity index (χ0) is 13.6. The molecule has 0 fully saturated rings. The van der Waals surface area contributed by atoms with Crippen molar-refractivity contribution in [3.8, 4) is 5.69 Å². The van der Waals surface area contributed by atoms with Crippen LogP contribution in [0.2, 0.25) is 0 Å². The quantitative estimate of drug-likeness (QED) is 0.749. The van der Waals surface area contributed by atoms with Crippen LogP contribution in [0.3, 0.4) is 0 Å². The Bertz CT molecular complexity index is 782. The van der Waals surface area contributed by atoms with Gasteiger partial charge in [0.1, 0.15) is 11.3 Å². The van der Waals surface area contributed by atoms with Crippen LogP contribution in [-0.4, -0.2) is 14.5 Å². The molecule has 2 heterocycles. The number of imidazole rings is 1. The minimum absolute atomic E-state index is 0.290. The van der Waals surface area contributed by atoms with E-state index in [0.717, 1.165) is 5.56 Å². The van der Waals surface area contributed by atoms with Crippen molar-refractivity contribution in [1.82, 2.24) is 14.5 Å². The number of aryl methyl sites for hydroxylation is 1. The summed E-state index contributed by atoms with van der Waals surface area (Å²) in [6, 6.07) is 6.73. The summed E-state index contributed by atoms with van der Waals surface area (Å²) < 4.78 is 15.8. The van der Waals surface area contributed by atoms with E-state index in [2.05, 4.69) is 25.9 Å². The molecule has 19 heavy (non-hydrogen) atoms. The molecule has 3 aromatic rings. The van der Waals surface area contributed by atoms with E-state index in [1.165, 1.54) is 6.07 Å². The number of pyridine rings is 1. The number of nitrogens with two attached hydrogens (primary N) is 1. The molecule has 0 aliphatic carbocycles. The Morgan fingerprint density at radius 2 is 2.16 bits per heavy atom. The fraction of sp³-hybridized carbons (Fsp3) is 0.0769. The van der Waals surface area contributed by atoms with Gasteiger partial charge in [0, 0.05) is 6.20 Å². The highest BCUT2D eigenvalue weighted by molar-refractivity contribution is 9.10. The summed E-state index contributed by atoms with van der Waals surface area (Å²) in [6.45, 7) is 1.88. The van der Waals surface area contributed by atoms with Crippen molar-refractivity contribution >= 4 is 33.0 Å². The van der Waals surface area contributed by atoms with Gasteiger partial charge >= 0.3 is 0 Å². The van der Waals surface area contributed by atoms with Crippen molar-refractivity contribution in [2.45, 2.75) is 6.92 Å². The Morgan fingerprint density at radius 1 is 1.37 bits per heavy atom. The highest BCUT2D eigenvalue weighted by Gasteiger charge is 2.14. The number of aromatic nitrogens is 3. The zero-order valence-electron chi connectivity index (χ0n) is 10.1. The maximum atomic E-state index is 13.7. The van der Waals surface area contributed by atoms with Gasteiger partial charge in [0.15, 0.2) is 5.65 Å². The molecule has 3 rings (SSSR count). The number of benzene rings is 1. The van der Waals surface area contributed by atoms with Gasteiger partial charge in [0.05, 0.1) is 10.2 Å². The van der Waals surface area contributed by atoms with E-state index in [4.69, 9.17) is 5.73 Å². The average molecular weight is 321 g/mol. The van der Waals surface area contributed by atoms with Crippen LogP contribution in [0.1, 0.15) is 5.56 Å². The van der Waals surface area contributed by atoms with Gasteiger partial charge < -0.3 is 5.73 Å². The molecule has 4 nitrogen and oxygen atoms in total. The lowest BCUT2D eigenvalue weighted by atomic mass is 10.2. The molecule has 0 spiro atoms. The smallest absolute Gasteiger partial charge is 0.207 e. The van der Waals surface area contributed by atoms with Gasteiger partial charge in [0.2, 0.25) is 5.95 Å². The van der Waals surface area contributed by atoms with Crippen LogP contribution in [0.25, 0.3) is 16.9 Å². The summed E-state index contributed by atoms with van der Waals surface area (Å²) in [6.07, 6.45) is 1.66. The summed E-state index contributed by atoms with van der Waals surface area (Å²) in [7, 11) is 0. The number of anilines is 1. The summed E-state index contributed by atoms with van der Waals surface area (Å²) >= 11 is 3.16. The first-order valence-electron chi connectivity index (χ1n) is 5.63. The normalized spacial score (nSPS) is 11.1. The monoisotopic (exact) mass is 320 g/mol. The van der Waals surface area contributed by atoms with Crippen molar-refractivity contribution in [3.05, 3.63) is 46.3 Å². The number of fused-ring (bicyclic) bond motifs is 1. The Kier molecular flexibility index (Phi) is 2.74. The van der Waals surface area contributed by atoms with Gasteiger partial charge in [-0.15, -0.1) is 0 Å². The van der Waals surface area contributed by atoms with Crippen LogP contribution in [0.4, 0.5) is 10.3 Å². The second kappa shape index (κ2) is 4.31. The Morgan fingerprint density at radius 3 is 2.95 bits per heavy atom. The van der Waals surface area contributed by atoms with Crippen LogP contribution in [0.5, 0.6) is 0 Å². The van der Waals surface area contributed by atoms with Crippen molar-refractivity contribution in [3.63, 3.8) is 0 Å². The third-order valence-corrected chi connectivity index (χ3v) is 3.53. The number of hydrogen-bond acceptors (Lipinski definition) is 3. The predicted molar refractivity (Wildman–Crippen MR) is 75.7 cm³/mol. The zero-order valence-corrected chi connectivity index (χ0v) is 11.6. The molecule has 0 aliphatic heterocycles. The number of rotatable bonds is 1. The van der Waals surface area contributed by atoms with Crippen LogP contribution in [0.15, 0.2) is 34.9 Å². The van der Waals surface area contributed by atoms with Gasteiger partial charge in [-0.2, -0.15) is 0 Å². The highest BCUT2D eigenvalue weighted by atomic mass is 79.9. The van der Waals surface area contributed by atoms with Crippen molar-refractivity contribution in [2.24, 2.45) is 0 Å². The molecule has 1 aromatic carbocycles. The first-order chi connectivity index (χ1) is 9.08. The summed E-state index contributed by atoms with van der Waals surface area (Å²) in [5, 5.41) is 0. The van der Waals surface area contributed by atoms with E-state index in [-0.39, 0.29) is 5.82 Å². The molecule has 0 radical (unpaired) electrons. The SMILES string of the molecule is Cc1cc(Br)c(F)cc1-n1c(N)nc2cccnc21. The molecular weight excluding hydrogens is 311 g/mol. The summed E-state index contributed by atoms with van der Waals surface area (Å²) in [5.74, 6) is -0.0590. The van der Waals surface area contributed by atoms with E-state index in [1.807, 2.05) is 13.0 Å². The lowest BCUT2D eigenvalue weighted by molar-refractivity contribution is 0.619. The van der Waals surface area contributed by atoms with Crippen LogP contribution < -0.4 is 5.73 Å². The number of hydrogen-bond donors (Lipinski definition) is 1. The van der Waals surface area contributed by atoms with Crippen molar-refractivity contribution in [1.29, 1.82) is 0 Å². The summed E-state index contributed by atoms with van der Waals surface area (Å²) in [5.41, 5.74) is 8.74. The van der Waals surface area contributed by atoms with Gasteiger partial charge in [-0.05, 0) is 52.7 Å². The van der Waals surface area contributed by atoms with Crippen molar-refractivity contribution in [2.75, 3.05) is 5.73 Å². The standard InChI is InChI=1S/C13H10BrFN4/c1-7-5-8(14)9(15)6-11(7)19-12-10(18-13(19)16)3-2-4-17-12/h2-6H,1H3,(H2,16,18). The van der Waals surface area contributed by atoms with Gasteiger partial charge in [-0.3, -0.25) is 4.57 Å². The number of halogens is 2. The fourth-order valence-corrected chi connectivity index (χ4v) is 2.50. The largest absolute Gasteiger partial charge is 0.369 e. The van der Waals surface area contributed by atoms with Gasteiger partial charge in [0.25, 0.3) is 0 Å². The second-order valence-corrected chi connectivity index (χ2v) is 5.06. The maximum absolute atomic E-state index is 13.7. The third-order valence-electron chi connectivity index (χ3n) is 2.92. The summed E-state index contributed by atoms with van der Waals surface area (Å²) in [4.78, 5) is 8.48. The van der Waals surface area contributed by atoms with Crippen LogP contribution >= 0.6 is 15.9 Å². The van der Waals surface area contributed by atoms with E-state index in [1.54, 1.807) is 22.9 Å². The highest BCUT2D eigenvalue weighted by Crippen LogP contribution is 2.27. The molecule has 0 bridgehead atoms. The lowest BCUT2D eigenvalue weighted by Gasteiger charge is -2.10. The van der Waals surface area contributed by atoms with E-state index in [0.29, 0.717) is 27.3 Å². The lowest BCUT2D eigenvalue weighted by Crippen LogP contribution is -2.04. The number of nitrogen functional groups attached to an aromatic ring is 1. The Labute approximate surface area is 117 Å². The minimum Gasteiger partial charge on any atom is -0.369 e. The van der Waals surface area contributed by atoms with Crippen molar-refractivity contribution < 1.29 is 4.39 Å². The number of nitrogens with zero attached hydrogens (tertiary/aromatic N) is 3. The third kappa shape index (κ3) is 1.88.